The molecule has 8 heteroatoms. The van der Waals surface area contributed by atoms with E-state index in [1.807, 2.05) is 48.2 Å². The summed E-state index contributed by atoms with van der Waals surface area (Å²) in [6.45, 7) is 0. The minimum Gasteiger partial charge on any atom is -0.495 e. The lowest BCUT2D eigenvalue weighted by Gasteiger charge is -2.33. The van der Waals surface area contributed by atoms with Gasteiger partial charge >= 0.3 is 4.87 Å². The molecule has 2 aliphatic carbocycles. The number of thioether (sulfide) groups is 1. The maximum absolute atomic E-state index is 11.3. The van der Waals surface area contributed by atoms with Gasteiger partial charge in [-0.1, -0.05) is 59.9 Å². The summed E-state index contributed by atoms with van der Waals surface area (Å²) in [7, 11) is 1.48. The molecule has 34 heavy (non-hydrogen) atoms. The van der Waals surface area contributed by atoms with Crippen molar-refractivity contribution in [3.63, 3.8) is 0 Å². The summed E-state index contributed by atoms with van der Waals surface area (Å²) in [4.78, 5) is 37.6. The summed E-state index contributed by atoms with van der Waals surface area (Å²) in [6, 6.07) is 18.8. The molecule has 1 N–H and O–H groups in total. The van der Waals surface area contributed by atoms with Crippen LogP contribution < -0.4 is 14.5 Å². The molecule has 0 saturated heterocycles. The van der Waals surface area contributed by atoms with Crippen LogP contribution in [0.2, 0.25) is 0 Å². The quantitative estimate of drug-likeness (QED) is 0.514. The van der Waals surface area contributed by atoms with Gasteiger partial charge in [-0.2, -0.15) is 0 Å². The first-order valence-corrected chi connectivity index (χ1v) is 13.0. The predicted octanol–water partition coefficient (Wildman–Crippen LogP) is 5.00. The van der Waals surface area contributed by atoms with E-state index < -0.39 is 0 Å². The van der Waals surface area contributed by atoms with Crippen molar-refractivity contribution in [1.29, 1.82) is 0 Å². The lowest BCUT2D eigenvalue weighted by atomic mass is 9.85. The number of anilines is 1. The number of fused-ring (bicyclic) bond motifs is 6. The number of amides is 2. The van der Waals surface area contributed by atoms with Gasteiger partial charge in [0.25, 0.3) is 0 Å². The molecule has 6 rings (SSSR count). The minimum absolute atomic E-state index is 0.139. The molecule has 3 aromatic rings. The number of para-hydroxylation sites is 2. The third-order valence-electron chi connectivity index (χ3n) is 6.62. The Bertz CT molecular complexity index is 1070. The van der Waals surface area contributed by atoms with Gasteiger partial charge in [0.05, 0.1) is 17.8 Å². The zero-order chi connectivity index (χ0) is 23.9. The number of carbonyl (C=O) groups excluding carboxylic acids is 2. The van der Waals surface area contributed by atoms with Gasteiger partial charge in [0.15, 0.2) is 0 Å². The van der Waals surface area contributed by atoms with Crippen LogP contribution in [0, 0.1) is 17.8 Å². The van der Waals surface area contributed by atoms with Crippen LogP contribution in [-0.2, 0) is 16.0 Å². The molecule has 2 amide bonds. The van der Waals surface area contributed by atoms with Crippen LogP contribution in [0.5, 0.6) is 5.75 Å². The van der Waals surface area contributed by atoms with Crippen LogP contribution in [0.1, 0.15) is 24.1 Å². The fourth-order valence-electron chi connectivity index (χ4n) is 5.12. The lowest BCUT2D eigenvalue weighted by Crippen LogP contribution is -2.29. The van der Waals surface area contributed by atoms with Crippen molar-refractivity contribution in [3.05, 3.63) is 75.2 Å². The number of imide groups is 1. The first-order chi connectivity index (χ1) is 16.6. The summed E-state index contributed by atoms with van der Waals surface area (Å²) in [5.74, 6) is 3.29. The first-order valence-electron chi connectivity index (χ1n) is 11.3. The Morgan fingerprint density at radius 2 is 1.62 bits per heavy atom. The number of benzene rings is 2. The Balaban J connectivity index is 0.000000132. The fourth-order valence-corrected chi connectivity index (χ4v) is 7.82. The second-order valence-corrected chi connectivity index (χ2v) is 10.8. The van der Waals surface area contributed by atoms with Crippen LogP contribution in [0.4, 0.5) is 5.69 Å². The summed E-state index contributed by atoms with van der Waals surface area (Å²) < 4.78 is 4.97. The number of thiazole rings is 1. The molecular weight excluding hydrogens is 468 g/mol. The largest absolute Gasteiger partial charge is 0.495 e. The number of H-pyrrole nitrogens is 1. The normalized spacial score (nSPS) is 23.2. The van der Waals surface area contributed by atoms with Gasteiger partial charge in [-0.25, -0.2) is 0 Å². The Hall–Kier alpha value is -2.84. The maximum Gasteiger partial charge on any atom is 0.305 e. The van der Waals surface area contributed by atoms with Crippen molar-refractivity contribution < 1.29 is 14.3 Å². The van der Waals surface area contributed by atoms with Gasteiger partial charge in [0, 0.05) is 10.1 Å². The van der Waals surface area contributed by atoms with Crippen molar-refractivity contribution in [2.75, 3.05) is 12.0 Å². The highest BCUT2D eigenvalue weighted by Gasteiger charge is 2.50. The molecule has 2 aromatic carbocycles. The third-order valence-corrected chi connectivity index (χ3v) is 9.25. The molecule has 1 aromatic heterocycles. The third kappa shape index (κ3) is 5.45. The summed E-state index contributed by atoms with van der Waals surface area (Å²) in [5.41, 5.74) is 0.440. The van der Waals surface area contributed by atoms with Gasteiger partial charge in [-0.15, -0.1) is 11.8 Å². The van der Waals surface area contributed by atoms with Crippen molar-refractivity contribution in [3.8, 4) is 5.75 Å². The van der Waals surface area contributed by atoms with Crippen molar-refractivity contribution >= 4 is 41.6 Å². The molecule has 2 bridgehead atoms. The van der Waals surface area contributed by atoms with E-state index in [-0.39, 0.29) is 4.87 Å². The highest BCUT2D eigenvalue weighted by molar-refractivity contribution is 8.00. The lowest BCUT2D eigenvalue weighted by molar-refractivity contribution is -0.114. The zero-order valence-corrected chi connectivity index (χ0v) is 20.6. The highest BCUT2D eigenvalue weighted by atomic mass is 32.2. The molecule has 3 aliphatic rings. The molecule has 178 valence electrons. The summed E-state index contributed by atoms with van der Waals surface area (Å²) >= 11 is 3.40. The SMILES string of the molecule is COc1ccccc1N(C=O)C=O.O=c1[nH]c2c(s1)C[C@H]1[C@@H]3CC[C@@H](C3)[C@H]1S2.c1ccccc1. The molecule has 6 nitrogen and oxygen atoms in total. The Kier molecular flexibility index (Phi) is 8.24. The molecule has 0 unspecified atom stereocenters. The van der Waals surface area contributed by atoms with E-state index in [2.05, 4.69) is 4.98 Å². The van der Waals surface area contributed by atoms with Gasteiger partial charge < -0.3 is 9.72 Å². The van der Waals surface area contributed by atoms with Gasteiger partial charge in [0.2, 0.25) is 12.8 Å². The molecular formula is C26H28N2O4S2. The number of aromatic amines is 1. The molecule has 2 heterocycles. The second kappa shape index (κ2) is 11.5. The number of hydrogen-bond donors (Lipinski definition) is 1. The number of nitrogens with one attached hydrogen (secondary N) is 1. The summed E-state index contributed by atoms with van der Waals surface area (Å²) in [6.07, 6.45) is 6.39. The predicted molar refractivity (Wildman–Crippen MR) is 137 cm³/mol. The fraction of sp³-hybridized carbons (Fsp3) is 0.346. The smallest absolute Gasteiger partial charge is 0.305 e. The summed E-state index contributed by atoms with van der Waals surface area (Å²) in [5, 5.41) is 2.01. The molecule has 0 spiro atoms. The van der Waals surface area contributed by atoms with E-state index >= 15 is 0 Å². The van der Waals surface area contributed by atoms with E-state index in [4.69, 9.17) is 4.74 Å². The van der Waals surface area contributed by atoms with E-state index in [1.54, 1.807) is 24.3 Å². The van der Waals surface area contributed by atoms with Gasteiger partial charge in [0.1, 0.15) is 5.75 Å². The second-order valence-electron chi connectivity index (χ2n) is 8.50. The van der Waals surface area contributed by atoms with Crippen molar-refractivity contribution in [2.24, 2.45) is 17.8 Å². The van der Waals surface area contributed by atoms with Crippen molar-refractivity contribution in [1.82, 2.24) is 4.98 Å². The average molecular weight is 497 g/mol. The zero-order valence-electron chi connectivity index (χ0n) is 19.0. The Morgan fingerprint density at radius 1 is 0.971 bits per heavy atom. The topological polar surface area (TPSA) is 79.5 Å². The maximum atomic E-state index is 11.3. The number of carbonyl (C=O) groups is 2. The molecule has 2 fully saturated rings. The van der Waals surface area contributed by atoms with Crippen LogP contribution >= 0.6 is 23.1 Å². The minimum atomic E-state index is 0.139. The Labute approximate surface area is 207 Å². The monoisotopic (exact) mass is 496 g/mol. The number of aromatic nitrogens is 1. The van der Waals surface area contributed by atoms with E-state index in [0.29, 0.717) is 24.3 Å². The van der Waals surface area contributed by atoms with Crippen LogP contribution in [0.25, 0.3) is 0 Å². The van der Waals surface area contributed by atoms with E-state index in [1.165, 1.54) is 54.0 Å². The van der Waals surface area contributed by atoms with E-state index in [9.17, 15) is 14.4 Å². The molecule has 2 saturated carbocycles. The number of methoxy groups -OCH3 is 1. The van der Waals surface area contributed by atoms with Gasteiger partial charge in [-0.05, 0) is 55.6 Å². The average Bonchev–Trinajstić information content (AvgIpc) is 3.60. The number of rotatable bonds is 4. The first kappa shape index (κ1) is 24.3. The van der Waals surface area contributed by atoms with Gasteiger partial charge in [-0.3, -0.25) is 19.3 Å². The number of hydrogen-bond acceptors (Lipinski definition) is 6. The number of ether oxygens (including phenoxy) is 1. The molecule has 1 aliphatic heterocycles. The standard InChI is InChI=1S/C11H13NOS2.C9H9NO3.C6H6/c13-11-12-10-8(14-11)4-7-5-1-2-6(3-5)9(7)15-10;1-13-9-5-3-2-4-8(9)10(6-11)7-12;1-2-4-6-5-3-1/h5-7,9H,1-4H2,(H,12,13);2-7H,1H3;1-6H/t5-,6+,7+,9-;;/m1../s1. The van der Waals surface area contributed by atoms with E-state index in [0.717, 1.165) is 27.9 Å². The highest BCUT2D eigenvalue weighted by Crippen LogP contribution is 2.58. The number of nitrogens with zero attached hydrogens (tertiary/aromatic N) is 1. The van der Waals surface area contributed by atoms with Crippen LogP contribution in [0.15, 0.2) is 70.5 Å². The van der Waals surface area contributed by atoms with Crippen LogP contribution in [0.3, 0.4) is 0 Å². The molecule has 0 radical (unpaired) electrons. The van der Waals surface area contributed by atoms with Crippen molar-refractivity contribution in [2.45, 2.75) is 36.0 Å². The molecule has 4 atom stereocenters. The Morgan fingerprint density at radius 3 is 2.26 bits per heavy atom. The van der Waals surface area contributed by atoms with Crippen LogP contribution in [-0.4, -0.2) is 30.2 Å².